The van der Waals surface area contributed by atoms with Crippen LogP contribution in [0.4, 0.5) is 22.8 Å². The SMILES string of the molecule is CC(=O)c1cc(C)c(C)cc1O.CCC(=O)c1cc(C)c(C)cc1C1=CCN(C(=O)OC(C)(C)C)CC1.CCC(=O)c1cc(C)c(C)cc1C1CCN(C(=O)OC(C)(C)C)CC1.CCC(=O)c1cc(C)c(C)cc1O.CCC(=O)c1cc(C)c(C)cc1OS(=O)(=O)C(F)(F)F. The molecule has 2 N–H and O–H groups in total. The van der Waals surface area contributed by atoms with Crippen molar-refractivity contribution >= 4 is 56.8 Å². The Morgan fingerprint density at radius 2 is 0.842 bits per heavy atom. The maximum absolute atomic E-state index is 12.4. The average molecular weight is 1340 g/mol. The first-order chi connectivity index (χ1) is 43.8. The number of aromatic hydroxyl groups is 2. The van der Waals surface area contributed by atoms with Crippen LogP contribution in [0.15, 0.2) is 66.7 Å². The van der Waals surface area contributed by atoms with Crippen LogP contribution in [-0.2, 0) is 19.6 Å². The first kappa shape index (κ1) is 81.1. The lowest BCUT2D eigenvalue weighted by atomic mass is 9.83. The minimum atomic E-state index is -5.80. The molecule has 2 aliphatic rings. The van der Waals surface area contributed by atoms with Crippen molar-refractivity contribution in [1.29, 1.82) is 0 Å². The Bertz CT molecular complexity index is 3790. The molecule has 7 rings (SSSR count). The monoisotopic (exact) mass is 1340 g/mol. The number of carbonyl (C=O) groups is 7. The van der Waals surface area contributed by atoms with Crippen molar-refractivity contribution in [2.75, 3.05) is 26.2 Å². The number of Topliss-reactive ketones (excluding diaryl/α,β-unsaturated/α-hetero) is 5. The van der Waals surface area contributed by atoms with Gasteiger partial charge in [-0.15, -0.1) is 0 Å². The quantitative estimate of drug-likeness (QED) is 0.0635. The number of ether oxygens (including phenoxy) is 2. The predicted molar refractivity (Wildman–Crippen MR) is 367 cm³/mol. The summed E-state index contributed by atoms with van der Waals surface area (Å²) >= 11 is 0. The van der Waals surface area contributed by atoms with E-state index in [1.807, 2.05) is 108 Å². The van der Waals surface area contributed by atoms with Gasteiger partial charge < -0.3 is 33.7 Å². The maximum Gasteiger partial charge on any atom is 0.534 e. The number of phenolic OH excluding ortho intramolecular Hbond substituents is 2. The summed E-state index contributed by atoms with van der Waals surface area (Å²) in [6.07, 6.45) is 5.44. The summed E-state index contributed by atoms with van der Waals surface area (Å²) in [6, 6.07) is 17.5. The van der Waals surface area contributed by atoms with Crippen LogP contribution < -0.4 is 4.18 Å². The van der Waals surface area contributed by atoms with E-state index in [1.165, 1.54) is 31.0 Å². The van der Waals surface area contributed by atoms with E-state index in [2.05, 4.69) is 37.1 Å². The molecule has 0 atom stereocenters. The topological polar surface area (TPSA) is 228 Å². The third-order valence-corrected chi connectivity index (χ3v) is 17.2. The molecule has 2 heterocycles. The maximum atomic E-state index is 12.4. The summed E-state index contributed by atoms with van der Waals surface area (Å²) < 4.78 is 74.0. The molecule has 0 aliphatic carbocycles. The Labute approximate surface area is 560 Å². The number of benzene rings is 5. The number of alkyl halides is 3. The molecule has 0 unspecified atom stereocenters. The average Bonchev–Trinajstić information content (AvgIpc) is 0.857. The number of aryl methyl sites for hydroxylation is 10. The number of halogens is 3. The van der Waals surface area contributed by atoms with Crippen LogP contribution in [-0.4, -0.2) is 112 Å². The van der Waals surface area contributed by atoms with Crippen LogP contribution >= 0.6 is 0 Å². The van der Waals surface area contributed by atoms with E-state index >= 15 is 0 Å². The second-order valence-electron chi connectivity index (χ2n) is 26.1. The molecule has 1 fully saturated rings. The molecule has 2 aliphatic heterocycles. The van der Waals surface area contributed by atoms with E-state index < -0.39 is 38.4 Å². The van der Waals surface area contributed by atoms with E-state index in [-0.39, 0.29) is 58.8 Å². The molecular weight excluding hydrogens is 1240 g/mol. The van der Waals surface area contributed by atoms with Crippen LogP contribution in [0.2, 0.25) is 0 Å². The van der Waals surface area contributed by atoms with Gasteiger partial charge in [0.15, 0.2) is 34.7 Å². The summed E-state index contributed by atoms with van der Waals surface area (Å²) in [5, 5.41) is 18.9. The molecule has 0 bridgehead atoms. The molecule has 16 nitrogen and oxygen atoms in total. The zero-order chi connectivity index (χ0) is 72.6. The second-order valence-corrected chi connectivity index (χ2v) is 27.7. The Morgan fingerprint density at radius 3 is 1.27 bits per heavy atom. The highest BCUT2D eigenvalue weighted by Crippen LogP contribution is 2.36. The van der Waals surface area contributed by atoms with Crippen molar-refractivity contribution in [3.05, 3.63) is 161 Å². The highest BCUT2D eigenvalue weighted by molar-refractivity contribution is 7.88. The van der Waals surface area contributed by atoms with Gasteiger partial charge in [-0.2, -0.15) is 21.6 Å². The fourth-order valence-corrected chi connectivity index (χ4v) is 10.4. The highest BCUT2D eigenvalue weighted by atomic mass is 32.2. The number of ketones is 5. The molecule has 0 spiro atoms. The molecule has 5 aromatic carbocycles. The number of likely N-dealkylation sites (tertiary alicyclic amines) is 1. The van der Waals surface area contributed by atoms with Crippen LogP contribution in [0.1, 0.15) is 246 Å². The number of hydrogen-bond donors (Lipinski definition) is 2. The third kappa shape index (κ3) is 23.6. The summed E-state index contributed by atoms with van der Waals surface area (Å²) in [5.74, 6) is -0.362. The first-order valence-electron chi connectivity index (χ1n) is 32.1. The first-order valence-corrected chi connectivity index (χ1v) is 33.5. The van der Waals surface area contributed by atoms with Crippen molar-refractivity contribution in [3.63, 3.8) is 0 Å². The molecule has 0 aromatic heterocycles. The number of carbonyl (C=O) groups excluding carboxylic acids is 7. The lowest BCUT2D eigenvalue weighted by molar-refractivity contribution is -0.0500. The Kier molecular flexibility index (Phi) is 29.5. The number of nitrogens with zero attached hydrogens (tertiary/aromatic N) is 2. The standard InChI is InChI=1S/C21H31NO3.C21H29NO3.C12H13F3O4S.C11H14O2.C10H12O2/c2*1-7-19(23)18-13-15(3)14(2)12-17(18)16-8-10-22(11-9-16)20(24)25-21(4,5)6;1-4-10(16)9-5-7(2)8(3)6-11(9)19-20(17,18)12(13,14)15;1-4-10(12)9-5-7(2)8(3)6-11(9)13;1-6-4-9(8(3)11)10(12)5-7(6)2/h12-13,16H,7-11H2,1-6H3;8,12-13H,7,9-11H2,1-6H3;5-6H,4H2,1-3H3;5-6,13H,4H2,1-3H3;4-5,12H,1-3H3. The summed E-state index contributed by atoms with van der Waals surface area (Å²) in [4.78, 5) is 86.6. The minimum Gasteiger partial charge on any atom is -0.507 e. The molecule has 95 heavy (non-hydrogen) atoms. The van der Waals surface area contributed by atoms with Crippen molar-refractivity contribution < 1.29 is 79.0 Å². The van der Waals surface area contributed by atoms with Crippen LogP contribution in [0, 0.1) is 69.2 Å². The number of rotatable bonds is 13. The van der Waals surface area contributed by atoms with Gasteiger partial charge >= 0.3 is 27.8 Å². The number of phenols is 2. The van der Waals surface area contributed by atoms with Gasteiger partial charge in [-0.25, -0.2) is 9.59 Å². The van der Waals surface area contributed by atoms with E-state index in [9.17, 15) is 65.4 Å². The Morgan fingerprint density at radius 1 is 0.484 bits per heavy atom. The van der Waals surface area contributed by atoms with E-state index in [4.69, 9.17) is 9.47 Å². The molecule has 20 heteroatoms. The van der Waals surface area contributed by atoms with Crippen molar-refractivity contribution in [3.8, 4) is 17.2 Å². The Hall–Kier alpha value is -8.13. The number of hydrogen-bond acceptors (Lipinski definition) is 14. The summed E-state index contributed by atoms with van der Waals surface area (Å²) in [7, 11) is -5.80. The van der Waals surface area contributed by atoms with E-state index in [1.54, 1.807) is 54.8 Å². The van der Waals surface area contributed by atoms with Gasteiger partial charge in [0, 0.05) is 63.0 Å². The molecular formula is C75H99F3N2O14S. The van der Waals surface area contributed by atoms with Crippen molar-refractivity contribution in [2.24, 2.45) is 0 Å². The van der Waals surface area contributed by atoms with Gasteiger partial charge in [0.25, 0.3) is 0 Å². The zero-order valence-electron chi connectivity index (χ0n) is 59.4. The second kappa shape index (κ2) is 34.5. The Balaban J connectivity index is 0.000000318. The van der Waals surface area contributed by atoms with Crippen LogP contribution in [0.5, 0.6) is 17.2 Å². The fourth-order valence-electron chi connectivity index (χ4n) is 9.95. The smallest absolute Gasteiger partial charge is 0.507 e. The molecule has 5 aromatic rings. The van der Waals surface area contributed by atoms with Gasteiger partial charge in [0.05, 0.1) is 16.7 Å². The predicted octanol–water partition coefficient (Wildman–Crippen LogP) is 17.9. The molecule has 0 radical (unpaired) electrons. The van der Waals surface area contributed by atoms with Gasteiger partial charge in [0.1, 0.15) is 22.7 Å². The zero-order valence-corrected chi connectivity index (χ0v) is 60.3. The lowest BCUT2D eigenvalue weighted by Gasteiger charge is -2.34. The van der Waals surface area contributed by atoms with E-state index in [0.717, 1.165) is 86.5 Å². The fraction of sp³-hybridized carbons (Fsp3) is 0.480. The molecule has 520 valence electrons. The van der Waals surface area contributed by atoms with Gasteiger partial charge in [-0.3, -0.25) is 24.0 Å². The van der Waals surface area contributed by atoms with Crippen molar-refractivity contribution in [2.45, 2.75) is 213 Å². The molecule has 0 saturated carbocycles. The number of piperidine rings is 1. The lowest BCUT2D eigenvalue weighted by Crippen LogP contribution is -2.41. The minimum absolute atomic E-state index is 0.0133. The molecule has 1 saturated heterocycles. The molecule has 2 amide bonds. The third-order valence-electron chi connectivity index (χ3n) is 16.3. The van der Waals surface area contributed by atoms with Gasteiger partial charge in [-0.05, 0) is 264 Å². The summed E-state index contributed by atoms with van der Waals surface area (Å²) in [6.45, 7) is 41.4. The van der Waals surface area contributed by atoms with Crippen molar-refractivity contribution in [1.82, 2.24) is 9.80 Å². The number of amides is 2. The van der Waals surface area contributed by atoms with Gasteiger partial charge in [-0.1, -0.05) is 45.9 Å². The normalized spacial score (nSPS) is 13.4. The van der Waals surface area contributed by atoms with E-state index in [0.29, 0.717) is 73.6 Å². The van der Waals surface area contributed by atoms with Gasteiger partial charge in [0.2, 0.25) is 0 Å². The highest BCUT2D eigenvalue weighted by Gasteiger charge is 2.49. The largest absolute Gasteiger partial charge is 0.534 e. The van der Waals surface area contributed by atoms with Crippen LogP contribution in [0.3, 0.4) is 0 Å². The van der Waals surface area contributed by atoms with Crippen LogP contribution in [0.25, 0.3) is 5.57 Å². The summed E-state index contributed by atoms with van der Waals surface area (Å²) in [5.41, 5.74) is 9.04.